The van der Waals surface area contributed by atoms with E-state index in [0.29, 0.717) is 0 Å². The fourth-order valence-corrected chi connectivity index (χ4v) is 2.05. The van der Waals surface area contributed by atoms with Crippen LogP contribution in [0.3, 0.4) is 0 Å². The van der Waals surface area contributed by atoms with Gasteiger partial charge in [0.05, 0.1) is 21.6 Å². The zero-order valence-corrected chi connectivity index (χ0v) is 12.6. The zero-order chi connectivity index (χ0) is 17.9. The molecular formula is C16H13NO7. The van der Waals surface area contributed by atoms with Crippen LogP contribution in [0.1, 0.15) is 33.2 Å². The number of aromatic carboxylic acids is 1. The summed E-state index contributed by atoms with van der Waals surface area (Å²) in [5.41, 5.74) is -0.257. The molecule has 2 N–H and O–H groups in total. The summed E-state index contributed by atoms with van der Waals surface area (Å²) in [7, 11) is 0. The van der Waals surface area contributed by atoms with Gasteiger partial charge in [-0.1, -0.05) is 0 Å². The van der Waals surface area contributed by atoms with Crippen molar-refractivity contribution >= 4 is 17.4 Å². The van der Waals surface area contributed by atoms with Crippen LogP contribution in [0.15, 0.2) is 36.4 Å². The Kier molecular flexibility index (Phi) is 4.78. The number of aromatic hydroxyl groups is 1. The van der Waals surface area contributed by atoms with Gasteiger partial charge in [-0.2, -0.15) is 0 Å². The van der Waals surface area contributed by atoms with Crippen LogP contribution in [0.5, 0.6) is 11.5 Å². The van der Waals surface area contributed by atoms with Crippen LogP contribution in [0.4, 0.5) is 5.69 Å². The van der Waals surface area contributed by atoms with E-state index in [4.69, 9.17) is 9.84 Å². The van der Waals surface area contributed by atoms with Gasteiger partial charge in [-0.15, -0.1) is 0 Å². The molecule has 0 atom stereocenters. The van der Waals surface area contributed by atoms with E-state index >= 15 is 0 Å². The molecule has 0 heterocycles. The first-order chi connectivity index (χ1) is 11.3. The number of benzene rings is 2. The minimum Gasteiger partial charge on any atom is -0.507 e. The first kappa shape index (κ1) is 16.9. The van der Waals surface area contributed by atoms with Crippen molar-refractivity contribution in [3.63, 3.8) is 0 Å². The number of carboxylic acids is 1. The van der Waals surface area contributed by atoms with E-state index in [0.717, 1.165) is 6.07 Å². The van der Waals surface area contributed by atoms with Crippen molar-refractivity contribution in [2.75, 3.05) is 0 Å². The number of ketones is 1. The lowest BCUT2D eigenvalue weighted by Crippen LogP contribution is -2.04. The van der Waals surface area contributed by atoms with Crippen LogP contribution in [-0.2, 0) is 6.61 Å². The molecule has 0 aromatic heterocycles. The summed E-state index contributed by atoms with van der Waals surface area (Å²) in [6.45, 7) is 1.11. The lowest BCUT2D eigenvalue weighted by Gasteiger charge is -2.09. The molecule has 2 aromatic carbocycles. The van der Waals surface area contributed by atoms with Gasteiger partial charge in [-0.05, 0) is 31.2 Å². The van der Waals surface area contributed by atoms with E-state index in [9.17, 15) is 24.8 Å². The molecule has 124 valence electrons. The number of hydrogen-bond donors (Lipinski definition) is 2. The Balaban J connectivity index is 2.23. The topological polar surface area (TPSA) is 127 Å². The van der Waals surface area contributed by atoms with Crippen molar-refractivity contribution < 1.29 is 29.5 Å². The molecule has 2 rings (SSSR count). The maximum Gasteiger partial charge on any atom is 0.335 e. The molecule has 2 aromatic rings. The van der Waals surface area contributed by atoms with E-state index in [1.54, 1.807) is 0 Å². The first-order valence-electron chi connectivity index (χ1n) is 6.77. The molecule has 8 nitrogen and oxygen atoms in total. The molecule has 0 aliphatic heterocycles. The molecule has 24 heavy (non-hydrogen) atoms. The van der Waals surface area contributed by atoms with Gasteiger partial charge >= 0.3 is 5.97 Å². The van der Waals surface area contributed by atoms with Crippen molar-refractivity contribution in [2.24, 2.45) is 0 Å². The Hall–Kier alpha value is -3.42. The monoisotopic (exact) mass is 331 g/mol. The quantitative estimate of drug-likeness (QED) is 0.473. The molecule has 8 heteroatoms. The molecule has 0 saturated heterocycles. The molecule has 0 spiro atoms. The highest BCUT2D eigenvalue weighted by Gasteiger charge is 2.18. The smallest absolute Gasteiger partial charge is 0.335 e. The minimum absolute atomic E-state index is 0.138. The van der Waals surface area contributed by atoms with Gasteiger partial charge in [0.1, 0.15) is 18.1 Å². The predicted octanol–water partition coefficient (Wildman–Crippen LogP) is 2.78. The van der Waals surface area contributed by atoms with E-state index in [-0.39, 0.29) is 46.3 Å². The maximum atomic E-state index is 11.2. The summed E-state index contributed by atoms with van der Waals surface area (Å²) < 4.78 is 5.38. The van der Waals surface area contributed by atoms with Gasteiger partial charge in [-0.25, -0.2) is 4.79 Å². The summed E-state index contributed by atoms with van der Waals surface area (Å²) in [4.78, 5) is 32.5. The number of nitrogens with zero attached hydrogens (tertiary/aromatic N) is 1. The van der Waals surface area contributed by atoms with Crippen LogP contribution >= 0.6 is 0 Å². The third kappa shape index (κ3) is 3.67. The zero-order valence-electron chi connectivity index (χ0n) is 12.6. The Morgan fingerprint density at radius 2 is 1.92 bits per heavy atom. The number of hydrogen-bond acceptors (Lipinski definition) is 6. The van der Waals surface area contributed by atoms with Crippen LogP contribution < -0.4 is 4.74 Å². The molecule has 0 aliphatic rings. The first-order valence-corrected chi connectivity index (χ1v) is 6.77. The third-order valence-corrected chi connectivity index (χ3v) is 3.27. The van der Waals surface area contributed by atoms with Gasteiger partial charge in [-0.3, -0.25) is 14.9 Å². The average Bonchev–Trinajstić information content (AvgIpc) is 2.52. The van der Waals surface area contributed by atoms with Crippen molar-refractivity contribution in [2.45, 2.75) is 13.5 Å². The number of phenolic OH excluding ortho intramolecular Hbond substituents is 1. The molecule has 0 fully saturated rings. The van der Waals surface area contributed by atoms with Crippen LogP contribution in [0.25, 0.3) is 0 Å². The predicted molar refractivity (Wildman–Crippen MR) is 82.5 cm³/mol. The molecule has 0 aliphatic carbocycles. The van der Waals surface area contributed by atoms with Gasteiger partial charge in [0, 0.05) is 12.1 Å². The van der Waals surface area contributed by atoms with E-state index in [1.165, 1.54) is 37.3 Å². The Morgan fingerprint density at radius 1 is 1.21 bits per heavy atom. The Labute approximate surface area is 136 Å². The number of Topliss-reactive ketones (excluding diaryl/α,β-unsaturated/α-hetero) is 1. The van der Waals surface area contributed by atoms with Crippen LogP contribution in [-0.4, -0.2) is 26.9 Å². The number of rotatable bonds is 6. The molecule has 0 saturated carbocycles. The maximum absolute atomic E-state index is 11.2. The van der Waals surface area contributed by atoms with E-state index in [1.807, 2.05) is 0 Å². The Bertz CT molecular complexity index is 829. The standard InChI is InChI=1S/C16H13NO7/c1-9(18)13-5-4-12(7-15(13)19)24-8-11-3-2-10(16(20)21)6-14(11)17(22)23/h2-7,19H,8H2,1H3,(H,20,21). The largest absolute Gasteiger partial charge is 0.507 e. The summed E-state index contributed by atoms with van der Waals surface area (Å²) in [6.07, 6.45) is 0. The van der Waals surface area contributed by atoms with Crippen molar-refractivity contribution in [3.05, 3.63) is 63.2 Å². The van der Waals surface area contributed by atoms with Gasteiger partial charge in [0.25, 0.3) is 5.69 Å². The fourth-order valence-electron chi connectivity index (χ4n) is 2.05. The van der Waals surface area contributed by atoms with E-state index < -0.39 is 10.9 Å². The SMILES string of the molecule is CC(=O)c1ccc(OCc2ccc(C(=O)O)cc2[N+](=O)[O-])cc1O. The number of carboxylic acid groups (broad SMARTS) is 1. The van der Waals surface area contributed by atoms with Crippen molar-refractivity contribution in [1.82, 2.24) is 0 Å². The fraction of sp³-hybridized carbons (Fsp3) is 0.125. The van der Waals surface area contributed by atoms with Gasteiger partial charge < -0.3 is 14.9 Å². The van der Waals surface area contributed by atoms with Crippen LogP contribution in [0.2, 0.25) is 0 Å². The van der Waals surface area contributed by atoms with Crippen molar-refractivity contribution in [3.8, 4) is 11.5 Å². The molecule has 0 bridgehead atoms. The summed E-state index contributed by atoms with van der Waals surface area (Å²) in [5.74, 6) is -1.61. The second-order valence-corrected chi connectivity index (χ2v) is 4.93. The number of nitro groups is 1. The second-order valence-electron chi connectivity index (χ2n) is 4.93. The highest BCUT2D eigenvalue weighted by Crippen LogP contribution is 2.26. The third-order valence-electron chi connectivity index (χ3n) is 3.27. The summed E-state index contributed by atoms with van der Waals surface area (Å²) in [5, 5.41) is 29.7. The van der Waals surface area contributed by atoms with Gasteiger partial charge in [0.15, 0.2) is 5.78 Å². The lowest BCUT2D eigenvalue weighted by molar-refractivity contribution is -0.385. The average molecular weight is 331 g/mol. The summed E-state index contributed by atoms with van der Waals surface area (Å²) in [6, 6.07) is 7.56. The lowest BCUT2D eigenvalue weighted by atomic mass is 10.1. The normalized spacial score (nSPS) is 10.2. The minimum atomic E-state index is -1.27. The number of ether oxygens (including phenoxy) is 1. The molecule has 0 amide bonds. The Morgan fingerprint density at radius 3 is 2.46 bits per heavy atom. The van der Waals surface area contributed by atoms with Crippen molar-refractivity contribution in [1.29, 1.82) is 0 Å². The van der Waals surface area contributed by atoms with E-state index in [2.05, 4.69) is 0 Å². The number of nitro benzene ring substituents is 1. The number of phenols is 1. The highest BCUT2D eigenvalue weighted by atomic mass is 16.6. The number of carbonyl (C=O) groups is 2. The molecular weight excluding hydrogens is 318 g/mol. The summed E-state index contributed by atoms with van der Waals surface area (Å²) >= 11 is 0. The second kappa shape index (κ2) is 6.78. The molecule has 0 radical (unpaired) electrons. The highest BCUT2D eigenvalue weighted by molar-refractivity contribution is 5.96. The van der Waals surface area contributed by atoms with Gasteiger partial charge in [0.2, 0.25) is 0 Å². The number of carbonyl (C=O) groups excluding carboxylic acids is 1. The molecule has 0 unspecified atom stereocenters. The van der Waals surface area contributed by atoms with Crippen LogP contribution in [0, 0.1) is 10.1 Å².